The molecule has 1 aliphatic heterocycles. The molecule has 0 unspecified atom stereocenters. The van der Waals surface area contributed by atoms with Gasteiger partial charge in [0.25, 0.3) is 5.56 Å². The second kappa shape index (κ2) is 7.47. The highest BCUT2D eigenvalue weighted by molar-refractivity contribution is 7.07. The van der Waals surface area contributed by atoms with Gasteiger partial charge in [-0.15, -0.1) is 0 Å². The molecule has 0 saturated carbocycles. The second-order valence-electron chi connectivity index (χ2n) is 6.20. The maximum Gasteiger partial charge on any atom is 0.271 e. The van der Waals surface area contributed by atoms with E-state index in [2.05, 4.69) is 4.99 Å². The summed E-state index contributed by atoms with van der Waals surface area (Å²) in [6.07, 6.45) is 1.81. The molecule has 0 aliphatic carbocycles. The Morgan fingerprint density at radius 1 is 1.14 bits per heavy atom. The van der Waals surface area contributed by atoms with E-state index >= 15 is 0 Å². The highest BCUT2D eigenvalue weighted by Crippen LogP contribution is 2.27. The van der Waals surface area contributed by atoms with Crippen molar-refractivity contribution in [1.82, 2.24) is 4.57 Å². The van der Waals surface area contributed by atoms with Crippen LogP contribution in [0.2, 0.25) is 0 Å². The van der Waals surface area contributed by atoms with Gasteiger partial charge in [-0.05, 0) is 42.0 Å². The molecule has 0 radical (unpaired) electrons. The fraction of sp³-hybridized carbons (Fsp3) is 0.200. The van der Waals surface area contributed by atoms with Gasteiger partial charge in [0, 0.05) is 5.69 Å². The number of ether oxygens (including phenoxy) is 2. The molecule has 2 heterocycles. The summed E-state index contributed by atoms with van der Waals surface area (Å²) in [5, 5.41) is 0. The van der Waals surface area contributed by atoms with Gasteiger partial charge in [-0.1, -0.05) is 23.5 Å². The van der Waals surface area contributed by atoms with Crippen LogP contribution in [0.1, 0.15) is 5.56 Å². The molecule has 0 bridgehead atoms. The van der Waals surface area contributed by atoms with Crippen LogP contribution >= 0.6 is 11.3 Å². The van der Waals surface area contributed by atoms with Crippen molar-refractivity contribution in [2.75, 3.05) is 25.8 Å². The Kier molecular flexibility index (Phi) is 4.87. The van der Waals surface area contributed by atoms with Crippen molar-refractivity contribution in [3.05, 3.63) is 73.5 Å². The van der Waals surface area contributed by atoms with Crippen LogP contribution in [0.4, 0.5) is 10.1 Å². The lowest BCUT2D eigenvalue weighted by Gasteiger charge is -2.25. The molecule has 6 nitrogen and oxygen atoms in total. The molecule has 2 aromatic carbocycles. The molecule has 0 saturated heterocycles. The summed E-state index contributed by atoms with van der Waals surface area (Å²) in [6.45, 7) is 0.705. The van der Waals surface area contributed by atoms with Gasteiger partial charge in [0.2, 0.25) is 0 Å². The number of halogens is 1. The van der Waals surface area contributed by atoms with Crippen LogP contribution in [0.25, 0.3) is 6.08 Å². The highest BCUT2D eigenvalue weighted by Gasteiger charge is 2.16. The first-order valence-electron chi connectivity index (χ1n) is 8.57. The molecular formula is C20H18FN3O3S. The fourth-order valence-electron chi connectivity index (χ4n) is 3.04. The molecule has 4 rings (SSSR count). The number of hydrogen-bond acceptors (Lipinski definition) is 6. The van der Waals surface area contributed by atoms with E-state index in [4.69, 9.17) is 9.47 Å². The van der Waals surface area contributed by atoms with Crippen molar-refractivity contribution in [1.29, 1.82) is 0 Å². The van der Waals surface area contributed by atoms with Crippen LogP contribution in [0.3, 0.4) is 0 Å². The summed E-state index contributed by atoms with van der Waals surface area (Å²) >= 11 is 1.34. The number of fused-ring (bicyclic) bond motifs is 1. The average Bonchev–Trinajstić information content (AvgIpc) is 3.02. The maximum atomic E-state index is 13.5. The topological polar surface area (TPSA) is 56.1 Å². The number of thiazole rings is 1. The van der Waals surface area contributed by atoms with E-state index in [9.17, 15) is 9.18 Å². The quantitative estimate of drug-likeness (QED) is 0.673. The lowest BCUT2D eigenvalue weighted by molar-refractivity contribution is 0.355. The van der Waals surface area contributed by atoms with E-state index < -0.39 is 0 Å². The third kappa shape index (κ3) is 3.38. The fourth-order valence-corrected chi connectivity index (χ4v) is 4.00. The first kappa shape index (κ1) is 18.2. The number of rotatable bonds is 4. The molecule has 1 aromatic heterocycles. The third-order valence-corrected chi connectivity index (χ3v) is 5.50. The van der Waals surface area contributed by atoms with Gasteiger partial charge < -0.3 is 14.4 Å². The maximum absolute atomic E-state index is 13.5. The summed E-state index contributed by atoms with van der Waals surface area (Å²) in [5.41, 5.74) is 1.40. The van der Waals surface area contributed by atoms with E-state index in [0.717, 1.165) is 5.56 Å². The minimum Gasteiger partial charge on any atom is -0.493 e. The molecule has 0 amide bonds. The van der Waals surface area contributed by atoms with Crippen LogP contribution < -0.4 is 29.3 Å². The molecule has 0 spiro atoms. The molecule has 8 heteroatoms. The largest absolute Gasteiger partial charge is 0.493 e. The first-order valence-corrected chi connectivity index (χ1v) is 9.39. The molecule has 1 aliphatic rings. The van der Waals surface area contributed by atoms with E-state index in [-0.39, 0.29) is 11.4 Å². The predicted octanol–water partition coefficient (Wildman–Crippen LogP) is 1.95. The number of anilines is 1. The number of aromatic nitrogens is 1. The van der Waals surface area contributed by atoms with Crippen molar-refractivity contribution in [3.8, 4) is 11.5 Å². The molecule has 0 fully saturated rings. The highest BCUT2D eigenvalue weighted by atomic mass is 32.1. The Morgan fingerprint density at radius 2 is 1.96 bits per heavy atom. The summed E-state index contributed by atoms with van der Waals surface area (Å²) in [6, 6.07) is 11.8. The van der Waals surface area contributed by atoms with Gasteiger partial charge >= 0.3 is 0 Å². The smallest absolute Gasteiger partial charge is 0.271 e. The summed E-state index contributed by atoms with van der Waals surface area (Å²) in [5.74, 6) is 0.908. The Labute approximate surface area is 164 Å². The zero-order valence-corrected chi connectivity index (χ0v) is 16.2. The van der Waals surface area contributed by atoms with Crippen LogP contribution in [-0.4, -0.2) is 25.5 Å². The van der Waals surface area contributed by atoms with E-state index in [0.29, 0.717) is 39.9 Å². The van der Waals surface area contributed by atoms with Crippen molar-refractivity contribution >= 4 is 23.1 Å². The minimum absolute atomic E-state index is 0.125. The van der Waals surface area contributed by atoms with Crippen LogP contribution in [0.5, 0.6) is 11.5 Å². The Morgan fingerprint density at radius 3 is 2.71 bits per heavy atom. The van der Waals surface area contributed by atoms with Gasteiger partial charge in [0.05, 0.1) is 18.8 Å². The average molecular weight is 399 g/mol. The van der Waals surface area contributed by atoms with Crippen LogP contribution in [-0.2, 0) is 6.67 Å². The molecule has 3 aromatic rings. The van der Waals surface area contributed by atoms with Gasteiger partial charge in [-0.3, -0.25) is 9.36 Å². The Balaban J connectivity index is 1.70. The monoisotopic (exact) mass is 399 g/mol. The Hall–Kier alpha value is -3.13. The van der Waals surface area contributed by atoms with Crippen molar-refractivity contribution < 1.29 is 13.9 Å². The van der Waals surface area contributed by atoms with Gasteiger partial charge in [0.15, 0.2) is 16.3 Å². The number of benzene rings is 2. The van der Waals surface area contributed by atoms with Crippen molar-refractivity contribution in [2.24, 2.45) is 4.99 Å². The zero-order chi connectivity index (χ0) is 19.7. The summed E-state index contributed by atoms with van der Waals surface area (Å²) in [7, 11) is 3.15. The van der Waals surface area contributed by atoms with Crippen molar-refractivity contribution in [2.45, 2.75) is 6.67 Å². The van der Waals surface area contributed by atoms with Crippen molar-refractivity contribution in [3.63, 3.8) is 0 Å². The predicted molar refractivity (Wildman–Crippen MR) is 106 cm³/mol. The molecular weight excluding hydrogens is 381 g/mol. The Bertz CT molecular complexity index is 1200. The molecule has 144 valence electrons. The second-order valence-corrected chi connectivity index (χ2v) is 7.21. The van der Waals surface area contributed by atoms with Crippen LogP contribution in [0, 0.1) is 5.82 Å². The van der Waals surface area contributed by atoms with E-state index in [1.165, 1.54) is 23.5 Å². The van der Waals surface area contributed by atoms with Gasteiger partial charge in [0.1, 0.15) is 19.2 Å². The normalized spacial score (nSPS) is 13.8. The molecule has 28 heavy (non-hydrogen) atoms. The number of methoxy groups -OCH3 is 2. The molecule has 0 N–H and O–H groups in total. The lowest BCUT2D eigenvalue weighted by Crippen LogP contribution is -2.42. The van der Waals surface area contributed by atoms with Gasteiger partial charge in [-0.25, -0.2) is 9.38 Å². The molecule has 0 atom stereocenters. The minimum atomic E-state index is -0.316. The summed E-state index contributed by atoms with van der Waals surface area (Å²) in [4.78, 5) is 19.9. The first-order chi connectivity index (χ1) is 13.6. The SMILES string of the molecule is COc1ccc(/C=c2\sc3n(c2=O)CN(c2cccc(F)c2)CN=3)cc1OC. The number of hydrogen-bond donors (Lipinski definition) is 0. The zero-order valence-electron chi connectivity index (χ0n) is 15.4. The van der Waals surface area contributed by atoms with E-state index in [1.54, 1.807) is 37.0 Å². The third-order valence-electron chi connectivity index (χ3n) is 4.46. The summed E-state index contributed by atoms with van der Waals surface area (Å²) < 4.78 is 26.3. The lowest BCUT2D eigenvalue weighted by atomic mass is 10.2. The van der Waals surface area contributed by atoms with Gasteiger partial charge in [-0.2, -0.15) is 0 Å². The number of nitrogens with zero attached hydrogens (tertiary/aromatic N) is 3. The standard InChI is InChI=1S/C20H18FN3O3S/c1-26-16-7-6-13(8-17(16)27-2)9-18-19(25)24-12-23(11-22-20(24)28-18)15-5-3-4-14(21)10-15/h3-10H,11-12H2,1-2H3/b18-9-. The van der Waals surface area contributed by atoms with Crippen LogP contribution in [0.15, 0.2) is 52.3 Å². The van der Waals surface area contributed by atoms with E-state index in [1.807, 2.05) is 23.1 Å².